The lowest BCUT2D eigenvalue weighted by Crippen LogP contribution is -2.02. The molecular weight excluding hydrogens is 190 g/mol. The van der Waals surface area contributed by atoms with Gasteiger partial charge in [0, 0.05) is 12.1 Å². The van der Waals surface area contributed by atoms with E-state index in [1.807, 2.05) is 18.2 Å². The summed E-state index contributed by atoms with van der Waals surface area (Å²) in [5.74, 6) is 1.37. The van der Waals surface area contributed by atoms with E-state index in [4.69, 9.17) is 15.2 Å². The second-order valence-electron chi connectivity index (χ2n) is 2.93. The van der Waals surface area contributed by atoms with Gasteiger partial charge in [-0.05, 0) is 17.7 Å². The molecule has 0 spiro atoms. The van der Waals surface area contributed by atoms with Crippen LogP contribution in [0.1, 0.15) is 5.56 Å². The van der Waals surface area contributed by atoms with E-state index in [2.05, 4.69) is 12.3 Å². The van der Waals surface area contributed by atoms with Crippen LogP contribution >= 0.6 is 0 Å². The maximum atomic E-state index is 5.57. The first-order chi connectivity index (χ1) is 7.26. The molecule has 0 amide bonds. The Kier molecular flexibility index (Phi) is 3.98. The summed E-state index contributed by atoms with van der Waals surface area (Å²) in [4.78, 5) is 0. The number of rotatable bonds is 4. The van der Waals surface area contributed by atoms with E-state index in [1.54, 1.807) is 14.2 Å². The Labute approximate surface area is 89.8 Å². The highest BCUT2D eigenvalue weighted by atomic mass is 16.5. The number of hydrogen-bond donors (Lipinski definition) is 1. The lowest BCUT2D eigenvalue weighted by molar-refractivity contribution is 0.355. The summed E-state index contributed by atoms with van der Waals surface area (Å²) in [6, 6.07) is 5.60. The first-order valence-corrected chi connectivity index (χ1v) is 4.58. The van der Waals surface area contributed by atoms with E-state index in [9.17, 15) is 0 Å². The molecule has 0 heterocycles. The van der Waals surface area contributed by atoms with Crippen LogP contribution in [0.25, 0.3) is 5.57 Å². The predicted octanol–water partition coefficient (Wildman–Crippen LogP) is 1.83. The topological polar surface area (TPSA) is 44.5 Å². The highest BCUT2D eigenvalue weighted by Crippen LogP contribution is 2.29. The molecule has 0 aromatic heterocycles. The van der Waals surface area contributed by atoms with Gasteiger partial charge in [0.2, 0.25) is 0 Å². The molecule has 1 rings (SSSR count). The van der Waals surface area contributed by atoms with Crippen LogP contribution in [0.5, 0.6) is 11.5 Å². The molecule has 2 N–H and O–H groups in total. The highest BCUT2D eigenvalue weighted by molar-refractivity contribution is 5.68. The van der Waals surface area contributed by atoms with Crippen molar-refractivity contribution in [3.63, 3.8) is 0 Å². The van der Waals surface area contributed by atoms with Gasteiger partial charge >= 0.3 is 0 Å². The van der Waals surface area contributed by atoms with Crippen molar-refractivity contribution in [3.05, 3.63) is 36.1 Å². The molecule has 0 aliphatic rings. The van der Waals surface area contributed by atoms with Crippen LogP contribution < -0.4 is 15.2 Å². The molecule has 0 aliphatic carbocycles. The quantitative estimate of drug-likeness (QED) is 0.763. The monoisotopic (exact) mass is 205 g/mol. The Morgan fingerprint density at radius 2 is 2.00 bits per heavy atom. The Morgan fingerprint density at radius 3 is 2.47 bits per heavy atom. The van der Waals surface area contributed by atoms with Crippen molar-refractivity contribution in [2.24, 2.45) is 5.73 Å². The second kappa shape index (κ2) is 5.25. The Balaban J connectivity index is 3.19. The molecule has 1 aromatic rings. The van der Waals surface area contributed by atoms with Gasteiger partial charge in [0.1, 0.15) is 0 Å². The zero-order chi connectivity index (χ0) is 11.3. The van der Waals surface area contributed by atoms with Crippen molar-refractivity contribution < 1.29 is 9.47 Å². The smallest absolute Gasteiger partial charge is 0.161 e. The van der Waals surface area contributed by atoms with Crippen LogP contribution in [-0.4, -0.2) is 20.8 Å². The van der Waals surface area contributed by atoms with Gasteiger partial charge in [-0.15, -0.1) is 5.73 Å². The van der Waals surface area contributed by atoms with E-state index in [-0.39, 0.29) is 0 Å². The summed E-state index contributed by atoms with van der Waals surface area (Å²) in [5, 5.41) is 0. The predicted molar refractivity (Wildman–Crippen MR) is 61.1 cm³/mol. The van der Waals surface area contributed by atoms with Gasteiger partial charge in [-0.25, -0.2) is 0 Å². The summed E-state index contributed by atoms with van der Waals surface area (Å²) in [6.45, 7) is 3.99. The first-order valence-electron chi connectivity index (χ1n) is 4.58. The molecule has 0 fully saturated rings. The minimum atomic E-state index is 0.402. The van der Waals surface area contributed by atoms with Crippen LogP contribution in [-0.2, 0) is 0 Å². The van der Waals surface area contributed by atoms with Crippen LogP contribution in [0.15, 0.2) is 30.5 Å². The van der Waals surface area contributed by atoms with Crippen LogP contribution in [0, 0.1) is 0 Å². The molecule has 0 aliphatic heterocycles. The van der Waals surface area contributed by atoms with Crippen molar-refractivity contribution in [2.75, 3.05) is 20.8 Å². The average Bonchev–Trinajstić information content (AvgIpc) is 2.30. The molecule has 0 atom stereocenters. The van der Waals surface area contributed by atoms with Gasteiger partial charge in [0.15, 0.2) is 11.5 Å². The number of nitrogens with two attached hydrogens (primary N) is 1. The SMILES string of the molecule is C=C=C(CN)c1ccc(OC)c(OC)c1. The van der Waals surface area contributed by atoms with Crippen molar-refractivity contribution in [1.29, 1.82) is 0 Å². The fraction of sp³-hybridized carbons (Fsp3) is 0.250. The van der Waals surface area contributed by atoms with E-state index < -0.39 is 0 Å². The van der Waals surface area contributed by atoms with Gasteiger partial charge < -0.3 is 15.2 Å². The molecule has 0 saturated carbocycles. The molecule has 0 bridgehead atoms. The standard InChI is InChI=1S/C12H15NO2/c1-4-9(8-13)10-5-6-11(14-2)12(7-10)15-3/h5-7H,1,8,13H2,2-3H3. The lowest BCUT2D eigenvalue weighted by Gasteiger charge is -2.09. The zero-order valence-corrected chi connectivity index (χ0v) is 9.04. The van der Waals surface area contributed by atoms with Gasteiger partial charge in [-0.1, -0.05) is 12.6 Å². The van der Waals surface area contributed by atoms with Crippen molar-refractivity contribution in [1.82, 2.24) is 0 Å². The minimum Gasteiger partial charge on any atom is -0.493 e. The maximum absolute atomic E-state index is 5.57. The molecule has 0 saturated heterocycles. The molecular formula is C12H15NO2. The number of ether oxygens (including phenoxy) is 2. The average molecular weight is 205 g/mol. The summed E-state index contributed by atoms with van der Waals surface area (Å²) in [6.07, 6.45) is 0. The number of hydrogen-bond acceptors (Lipinski definition) is 3. The van der Waals surface area contributed by atoms with Crippen molar-refractivity contribution in [2.45, 2.75) is 0 Å². The Morgan fingerprint density at radius 1 is 1.33 bits per heavy atom. The summed E-state index contributed by atoms with van der Waals surface area (Å²) in [7, 11) is 3.20. The maximum Gasteiger partial charge on any atom is 0.161 e. The third kappa shape index (κ3) is 2.40. The van der Waals surface area contributed by atoms with E-state index in [0.717, 1.165) is 11.1 Å². The first kappa shape index (κ1) is 11.4. The van der Waals surface area contributed by atoms with Gasteiger partial charge in [-0.3, -0.25) is 0 Å². The van der Waals surface area contributed by atoms with E-state index in [0.29, 0.717) is 18.0 Å². The van der Waals surface area contributed by atoms with Crippen molar-refractivity contribution >= 4 is 5.57 Å². The number of benzene rings is 1. The van der Waals surface area contributed by atoms with Crippen molar-refractivity contribution in [3.8, 4) is 11.5 Å². The summed E-state index contributed by atoms with van der Waals surface area (Å²) in [5.41, 5.74) is 10.2. The molecule has 80 valence electrons. The molecule has 3 heteroatoms. The van der Waals surface area contributed by atoms with Crippen LogP contribution in [0.4, 0.5) is 0 Å². The minimum absolute atomic E-state index is 0.402. The fourth-order valence-corrected chi connectivity index (χ4v) is 1.32. The van der Waals surface area contributed by atoms with Gasteiger partial charge in [-0.2, -0.15) is 0 Å². The fourth-order valence-electron chi connectivity index (χ4n) is 1.32. The normalized spacial score (nSPS) is 9.27. The Hall–Kier alpha value is -1.70. The Bertz CT molecular complexity index is 393. The molecule has 15 heavy (non-hydrogen) atoms. The zero-order valence-electron chi connectivity index (χ0n) is 9.04. The summed E-state index contributed by atoms with van der Waals surface area (Å²) < 4.78 is 10.3. The highest BCUT2D eigenvalue weighted by Gasteiger charge is 2.06. The largest absolute Gasteiger partial charge is 0.493 e. The third-order valence-electron chi connectivity index (χ3n) is 2.15. The van der Waals surface area contributed by atoms with E-state index >= 15 is 0 Å². The summed E-state index contributed by atoms with van der Waals surface area (Å²) >= 11 is 0. The van der Waals surface area contributed by atoms with Gasteiger partial charge in [0.25, 0.3) is 0 Å². The lowest BCUT2D eigenvalue weighted by atomic mass is 10.1. The van der Waals surface area contributed by atoms with Crippen LogP contribution in [0.2, 0.25) is 0 Å². The third-order valence-corrected chi connectivity index (χ3v) is 2.15. The molecule has 3 nitrogen and oxygen atoms in total. The number of methoxy groups -OCH3 is 2. The second-order valence-corrected chi connectivity index (χ2v) is 2.93. The molecule has 0 radical (unpaired) electrons. The van der Waals surface area contributed by atoms with Gasteiger partial charge in [0.05, 0.1) is 14.2 Å². The van der Waals surface area contributed by atoms with Crippen LogP contribution in [0.3, 0.4) is 0 Å². The molecule has 0 unspecified atom stereocenters. The molecule has 1 aromatic carbocycles. The van der Waals surface area contributed by atoms with E-state index in [1.165, 1.54) is 0 Å².